The molecule has 174 valence electrons. The van der Waals surface area contributed by atoms with Crippen molar-refractivity contribution in [3.05, 3.63) is 77.0 Å². The third kappa shape index (κ3) is 5.36. The van der Waals surface area contributed by atoms with Crippen molar-refractivity contribution >= 4 is 22.9 Å². The van der Waals surface area contributed by atoms with Gasteiger partial charge in [-0.15, -0.1) is 0 Å². The van der Waals surface area contributed by atoms with Gasteiger partial charge in [0, 0.05) is 61.8 Å². The molecule has 0 saturated heterocycles. The molecule has 1 amide bonds. The number of likely N-dealkylation sites (N-methyl/N-ethyl adjacent to an activating group) is 1. The van der Waals surface area contributed by atoms with Crippen molar-refractivity contribution in [2.45, 2.75) is 39.9 Å². The van der Waals surface area contributed by atoms with Gasteiger partial charge in [-0.2, -0.15) is 0 Å². The van der Waals surface area contributed by atoms with E-state index in [0.29, 0.717) is 0 Å². The van der Waals surface area contributed by atoms with E-state index in [-0.39, 0.29) is 0 Å². The molecule has 0 saturated carbocycles. The van der Waals surface area contributed by atoms with E-state index in [1.807, 2.05) is 6.07 Å². The standard InChI is InChI=1S/C27H34N4O2/c1-3-29(4-2)16-17-31-25-12-10-21(11-13-27(32)28-33)18-23(25)24-20-30(15-14-26(24)31)19-22-8-6-5-7-9-22/h5-13,18,33H,3-4,14-17,19-20H2,1-2H3,(H,28,32)/b13-11+. The van der Waals surface area contributed by atoms with Gasteiger partial charge in [-0.1, -0.05) is 50.2 Å². The second-order valence-electron chi connectivity index (χ2n) is 8.64. The minimum Gasteiger partial charge on any atom is -0.343 e. The molecule has 0 radical (unpaired) electrons. The van der Waals surface area contributed by atoms with Crippen molar-refractivity contribution in [1.29, 1.82) is 0 Å². The Morgan fingerprint density at radius 3 is 2.67 bits per heavy atom. The Morgan fingerprint density at radius 1 is 1.15 bits per heavy atom. The van der Waals surface area contributed by atoms with E-state index < -0.39 is 5.91 Å². The van der Waals surface area contributed by atoms with Crippen molar-refractivity contribution in [2.24, 2.45) is 0 Å². The van der Waals surface area contributed by atoms with Crippen molar-refractivity contribution in [3.63, 3.8) is 0 Å². The van der Waals surface area contributed by atoms with Gasteiger partial charge in [-0.25, -0.2) is 5.48 Å². The molecule has 1 aromatic heterocycles. The average Bonchev–Trinajstić information content (AvgIpc) is 3.16. The molecule has 0 unspecified atom stereocenters. The van der Waals surface area contributed by atoms with Crippen LogP contribution in [0.2, 0.25) is 0 Å². The Balaban J connectivity index is 1.68. The lowest BCUT2D eigenvalue weighted by molar-refractivity contribution is -0.124. The van der Waals surface area contributed by atoms with Gasteiger partial charge in [0.25, 0.3) is 5.91 Å². The van der Waals surface area contributed by atoms with Gasteiger partial charge >= 0.3 is 0 Å². The fourth-order valence-corrected chi connectivity index (χ4v) is 4.85. The van der Waals surface area contributed by atoms with Crippen molar-refractivity contribution in [3.8, 4) is 0 Å². The third-order valence-electron chi connectivity index (χ3n) is 6.68. The zero-order valence-electron chi connectivity index (χ0n) is 19.6. The highest BCUT2D eigenvalue weighted by molar-refractivity contribution is 5.93. The van der Waals surface area contributed by atoms with Crippen LogP contribution >= 0.6 is 0 Å². The Kier molecular flexibility index (Phi) is 7.60. The fourth-order valence-electron chi connectivity index (χ4n) is 4.85. The smallest absolute Gasteiger partial charge is 0.267 e. The number of carbonyl (C=O) groups is 1. The third-order valence-corrected chi connectivity index (χ3v) is 6.68. The van der Waals surface area contributed by atoms with E-state index in [9.17, 15) is 4.79 Å². The van der Waals surface area contributed by atoms with Gasteiger partial charge < -0.3 is 9.47 Å². The molecule has 2 aromatic carbocycles. The number of hydrogen-bond donors (Lipinski definition) is 2. The second-order valence-corrected chi connectivity index (χ2v) is 8.64. The molecule has 0 bridgehead atoms. The number of hydroxylamine groups is 1. The maximum Gasteiger partial charge on any atom is 0.267 e. The van der Waals surface area contributed by atoms with E-state index in [2.05, 4.69) is 70.7 Å². The predicted octanol–water partition coefficient (Wildman–Crippen LogP) is 4.06. The first-order valence-electron chi connectivity index (χ1n) is 11.9. The molecule has 1 aliphatic rings. The number of amides is 1. The van der Waals surface area contributed by atoms with E-state index in [0.717, 1.165) is 57.8 Å². The lowest BCUT2D eigenvalue weighted by atomic mass is 10.0. The molecule has 2 N–H and O–H groups in total. The molecule has 0 aliphatic carbocycles. The van der Waals surface area contributed by atoms with Crippen LogP contribution in [0.3, 0.4) is 0 Å². The number of carbonyl (C=O) groups excluding carboxylic acids is 1. The van der Waals surface area contributed by atoms with Gasteiger partial charge in [-0.05, 0) is 48.0 Å². The summed E-state index contributed by atoms with van der Waals surface area (Å²) in [6.45, 7) is 11.5. The summed E-state index contributed by atoms with van der Waals surface area (Å²) in [4.78, 5) is 16.4. The first-order valence-corrected chi connectivity index (χ1v) is 11.9. The lowest BCUT2D eigenvalue weighted by Gasteiger charge is -2.28. The average molecular weight is 447 g/mol. The summed E-state index contributed by atoms with van der Waals surface area (Å²) in [5.41, 5.74) is 8.04. The monoisotopic (exact) mass is 446 g/mol. The predicted molar refractivity (Wildman–Crippen MR) is 133 cm³/mol. The van der Waals surface area contributed by atoms with Crippen LogP contribution in [0.5, 0.6) is 0 Å². The number of benzene rings is 2. The Hall–Kier alpha value is -2.93. The van der Waals surface area contributed by atoms with Crippen LogP contribution in [0.4, 0.5) is 0 Å². The minimum atomic E-state index is -0.525. The summed E-state index contributed by atoms with van der Waals surface area (Å²) in [5, 5.41) is 10.0. The molecular weight excluding hydrogens is 412 g/mol. The highest BCUT2D eigenvalue weighted by Crippen LogP contribution is 2.32. The summed E-state index contributed by atoms with van der Waals surface area (Å²) in [7, 11) is 0. The SMILES string of the molecule is CCN(CC)CCn1c2c(c3cc(/C=C/C(=O)NO)ccc31)CN(Cc1ccccc1)CC2. The van der Waals surface area contributed by atoms with Crippen molar-refractivity contribution in [2.75, 3.05) is 26.2 Å². The summed E-state index contributed by atoms with van der Waals surface area (Å²) in [6.07, 6.45) is 4.13. The van der Waals surface area contributed by atoms with Crippen LogP contribution in [-0.4, -0.2) is 51.7 Å². The zero-order valence-corrected chi connectivity index (χ0v) is 19.6. The fraction of sp³-hybridized carbons (Fsp3) is 0.370. The van der Waals surface area contributed by atoms with Crippen molar-refractivity contribution < 1.29 is 10.0 Å². The topological polar surface area (TPSA) is 60.7 Å². The largest absolute Gasteiger partial charge is 0.343 e. The number of nitrogens with zero attached hydrogens (tertiary/aromatic N) is 3. The Bertz CT molecular complexity index is 1120. The van der Waals surface area contributed by atoms with Gasteiger partial charge in [0.1, 0.15) is 0 Å². The van der Waals surface area contributed by atoms with Crippen LogP contribution in [-0.2, 0) is 30.8 Å². The van der Waals surface area contributed by atoms with Crippen LogP contribution in [0.1, 0.15) is 36.2 Å². The van der Waals surface area contributed by atoms with E-state index in [1.54, 1.807) is 11.6 Å². The second kappa shape index (κ2) is 10.8. The number of fused-ring (bicyclic) bond motifs is 3. The molecule has 3 aromatic rings. The van der Waals surface area contributed by atoms with E-state index in [4.69, 9.17) is 5.21 Å². The van der Waals surface area contributed by atoms with Crippen LogP contribution < -0.4 is 5.48 Å². The number of hydrogen-bond acceptors (Lipinski definition) is 4. The highest BCUT2D eigenvalue weighted by Gasteiger charge is 2.24. The maximum atomic E-state index is 11.4. The minimum absolute atomic E-state index is 0.525. The highest BCUT2D eigenvalue weighted by atomic mass is 16.5. The number of aromatic nitrogens is 1. The van der Waals surface area contributed by atoms with Crippen LogP contribution in [0.15, 0.2) is 54.6 Å². The normalized spacial score (nSPS) is 14.3. The lowest BCUT2D eigenvalue weighted by Crippen LogP contribution is -2.32. The quantitative estimate of drug-likeness (QED) is 0.296. The molecule has 1 aliphatic heterocycles. The van der Waals surface area contributed by atoms with E-state index >= 15 is 0 Å². The molecule has 2 heterocycles. The molecule has 6 heteroatoms. The first kappa shape index (κ1) is 23.2. The van der Waals surface area contributed by atoms with Gasteiger partial charge in [-0.3, -0.25) is 14.9 Å². The molecule has 33 heavy (non-hydrogen) atoms. The molecular formula is C27H34N4O2. The number of nitrogens with one attached hydrogen (secondary N) is 1. The summed E-state index contributed by atoms with van der Waals surface area (Å²) in [6, 6.07) is 17.0. The van der Waals surface area contributed by atoms with Gasteiger partial charge in [0.2, 0.25) is 0 Å². The molecule has 6 nitrogen and oxygen atoms in total. The van der Waals surface area contributed by atoms with Crippen LogP contribution in [0, 0.1) is 0 Å². The maximum absolute atomic E-state index is 11.4. The van der Waals surface area contributed by atoms with Crippen LogP contribution in [0.25, 0.3) is 17.0 Å². The molecule has 0 spiro atoms. The first-order chi connectivity index (χ1) is 16.1. The summed E-state index contributed by atoms with van der Waals surface area (Å²) >= 11 is 0. The summed E-state index contributed by atoms with van der Waals surface area (Å²) in [5.74, 6) is -0.525. The Morgan fingerprint density at radius 2 is 1.94 bits per heavy atom. The number of rotatable bonds is 9. The molecule has 0 fully saturated rings. The zero-order chi connectivity index (χ0) is 23.2. The van der Waals surface area contributed by atoms with Crippen molar-refractivity contribution in [1.82, 2.24) is 19.8 Å². The summed E-state index contributed by atoms with van der Waals surface area (Å²) < 4.78 is 2.51. The van der Waals surface area contributed by atoms with Gasteiger partial charge in [0.15, 0.2) is 0 Å². The van der Waals surface area contributed by atoms with Gasteiger partial charge in [0.05, 0.1) is 0 Å². The molecule has 4 rings (SSSR count). The Labute approximate surface area is 196 Å². The molecule has 0 atom stereocenters. The van der Waals surface area contributed by atoms with E-state index in [1.165, 1.54) is 33.8 Å².